The zero-order chi connectivity index (χ0) is 16.4. The molecular weight excluding hydrogens is 312 g/mol. The first-order valence-electron chi connectivity index (χ1n) is 5.33. The van der Waals surface area contributed by atoms with Gasteiger partial charge in [-0.25, -0.2) is 4.79 Å². The van der Waals surface area contributed by atoms with Crippen LogP contribution in [0.4, 0.5) is 0 Å². The molecule has 4 nitrogen and oxygen atoms in total. The summed E-state index contributed by atoms with van der Waals surface area (Å²) >= 11 is 0. The summed E-state index contributed by atoms with van der Waals surface area (Å²) in [4.78, 5) is 10.6. The van der Waals surface area contributed by atoms with Crippen LogP contribution in [0.2, 0.25) is 0 Å². The zero-order valence-corrected chi connectivity index (χ0v) is 12.7. The minimum Gasteiger partial charge on any atom is 0 e. The normalized spacial score (nSPS) is 7.29. The summed E-state index contributed by atoms with van der Waals surface area (Å²) in [5.41, 5.74) is 1.80. The van der Waals surface area contributed by atoms with Gasteiger partial charge in [0.25, 0.3) is 0 Å². The Morgan fingerprint density at radius 1 is 1.05 bits per heavy atom. The molecule has 0 saturated heterocycles. The van der Waals surface area contributed by atoms with Gasteiger partial charge in [0.15, 0.2) is 0 Å². The fraction of sp³-hybridized carbons (Fsp3) is 0.188. The molecule has 21 heavy (non-hydrogen) atoms. The van der Waals surface area contributed by atoms with Gasteiger partial charge in [-0.3, -0.25) is 0 Å². The topological polar surface area (TPSA) is 76.8 Å². The van der Waals surface area contributed by atoms with Gasteiger partial charge in [-0.15, -0.1) is 0 Å². The molecule has 5 heteroatoms. The summed E-state index contributed by atoms with van der Waals surface area (Å²) in [7, 11) is 0. The summed E-state index contributed by atoms with van der Waals surface area (Å²) < 4.78 is 22.5. The van der Waals surface area contributed by atoms with Crippen molar-refractivity contribution in [2.24, 2.45) is 5.92 Å². The summed E-state index contributed by atoms with van der Waals surface area (Å²) in [5, 5.41) is 0. The molecule has 1 aromatic carbocycles. The van der Waals surface area contributed by atoms with Crippen LogP contribution < -0.4 is 0 Å². The first-order chi connectivity index (χ1) is 9.74. The Kier molecular flexibility index (Phi) is 30.4. The Balaban J connectivity index is -0.000000183. The second-order valence-corrected chi connectivity index (χ2v) is 3.46. The van der Waals surface area contributed by atoms with E-state index in [9.17, 15) is 4.79 Å². The maximum Gasteiger partial charge on any atom is 0 e. The minimum atomic E-state index is 0. The van der Waals surface area contributed by atoms with E-state index in [1.807, 2.05) is 62.3 Å². The fourth-order valence-corrected chi connectivity index (χ4v) is 1.09. The zero-order valence-electron chi connectivity index (χ0n) is 11.6. The smallest absolute Gasteiger partial charge is 0 e. The van der Waals surface area contributed by atoms with Gasteiger partial charge in [0.05, 0.1) is 0 Å². The average Bonchev–Trinajstić information content (AvgIpc) is 2.54. The van der Waals surface area contributed by atoms with Crippen LogP contribution in [-0.2, 0) is 35.8 Å². The van der Waals surface area contributed by atoms with E-state index in [-0.39, 0.29) is 23.0 Å². The quantitative estimate of drug-likeness (QED) is 0.276. The number of allylic oxidation sites excluding steroid dienone is 2. The molecule has 0 unspecified atom stereocenters. The van der Waals surface area contributed by atoms with Gasteiger partial charge < -0.3 is 0 Å². The Morgan fingerprint density at radius 3 is 1.81 bits per heavy atom. The van der Waals surface area contributed by atoms with Gasteiger partial charge in [0.1, 0.15) is 5.94 Å². The van der Waals surface area contributed by atoms with Crippen molar-refractivity contribution in [1.82, 2.24) is 0 Å². The van der Waals surface area contributed by atoms with Crippen LogP contribution in [0.25, 0.3) is 6.08 Å². The number of hydrogen-bond donors (Lipinski definition) is 0. The number of carbonyl (C=O) groups excluding carboxylic acids is 1. The van der Waals surface area contributed by atoms with Crippen molar-refractivity contribution in [2.75, 3.05) is 0 Å². The second kappa shape index (κ2) is 23.3. The van der Waals surface area contributed by atoms with E-state index in [0.717, 1.165) is 5.56 Å². The molecule has 0 radical (unpaired) electrons. The van der Waals surface area contributed by atoms with Crippen LogP contribution in [0, 0.1) is 25.9 Å². The monoisotopic (exact) mass is 326 g/mol. The van der Waals surface area contributed by atoms with Gasteiger partial charge in [-0.1, -0.05) is 50.3 Å². The van der Waals surface area contributed by atoms with E-state index in [0.29, 0.717) is 5.57 Å². The van der Waals surface area contributed by atoms with E-state index >= 15 is 0 Å². The molecule has 1 aromatic rings. The second-order valence-electron chi connectivity index (χ2n) is 3.46. The van der Waals surface area contributed by atoms with Crippen LogP contribution in [-0.4, -0.2) is 5.94 Å². The van der Waals surface area contributed by atoms with Crippen LogP contribution in [0.1, 0.15) is 19.4 Å². The first-order valence-corrected chi connectivity index (χ1v) is 5.33. The standard InChI is InChI=1S/C13H14O.3CO.Fe/c1-11(2)13(10-14)9-8-12-6-4-3-5-7-12;3*1-2;/h3-9,11H,1-2H3;;;;. The van der Waals surface area contributed by atoms with E-state index in [1.54, 1.807) is 0 Å². The van der Waals surface area contributed by atoms with Gasteiger partial charge in [0.2, 0.25) is 0 Å². The van der Waals surface area contributed by atoms with Gasteiger partial charge in [-0.2, -0.15) is 0 Å². The van der Waals surface area contributed by atoms with E-state index in [2.05, 4.69) is 20.0 Å². The maximum absolute atomic E-state index is 10.6. The Morgan fingerprint density at radius 2 is 1.48 bits per heavy atom. The molecule has 0 N–H and O–H groups in total. The third-order valence-corrected chi connectivity index (χ3v) is 1.99. The molecule has 0 aromatic heterocycles. The SMILES string of the molecule is CC(C)C(=C=O)C=Cc1ccccc1.[C-]#[O+].[C-]#[O+].[C-]#[O+].[Fe]. The van der Waals surface area contributed by atoms with Gasteiger partial charge in [0, 0.05) is 22.6 Å². The summed E-state index contributed by atoms with van der Waals surface area (Å²) in [5.74, 6) is 2.18. The Labute approximate surface area is 135 Å². The largest absolute Gasteiger partial charge is 0 e. The van der Waals surface area contributed by atoms with Crippen LogP contribution in [0.3, 0.4) is 0 Å². The van der Waals surface area contributed by atoms with Gasteiger partial charge in [-0.05, 0) is 17.6 Å². The van der Waals surface area contributed by atoms with Gasteiger partial charge >= 0.3 is 33.9 Å². The fourth-order valence-electron chi connectivity index (χ4n) is 1.09. The Bertz CT molecular complexity index is 464. The summed E-state index contributed by atoms with van der Waals surface area (Å²) in [6.07, 6.45) is 3.76. The van der Waals surface area contributed by atoms with Crippen LogP contribution >= 0.6 is 0 Å². The molecule has 0 aliphatic heterocycles. The van der Waals surface area contributed by atoms with Crippen molar-refractivity contribution in [3.63, 3.8) is 0 Å². The molecule has 0 saturated carbocycles. The predicted molar refractivity (Wildman–Crippen MR) is 71.3 cm³/mol. The molecule has 0 atom stereocenters. The van der Waals surface area contributed by atoms with Crippen molar-refractivity contribution in [3.8, 4) is 0 Å². The van der Waals surface area contributed by atoms with Crippen LogP contribution in [0.5, 0.6) is 0 Å². The molecule has 0 fully saturated rings. The van der Waals surface area contributed by atoms with Crippen molar-refractivity contribution >= 4 is 12.0 Å². The van der Waals surface area contributed by atoms with Crippen LogP contribution in [0.15, 0.2) is 42.0 Å². The number of rotatable bonds is 3. The average molecular weight is 326 g/mol. The number of hydrogen-bond acceptors (Lipinski definition) is 1. The molecule has 0 bridgehead atoms. The third-order valence-electron chi connectivity index (χ3n) is 1.99. The third kappa shape index (κ3) is 16.1. The molecular formula is C16H14FeO4. The number of benzene rings is 1. The molecule has 0 heterocycles. The Hall–Kier alpha value is -1.85. The minimum absolute atomic E-state index is 0. The maximum atomic E-state index is 10.6. The molecule has 1 rings (SSSR count). The van der Waals surface area contributed by atoms with E-state index in [1.165, 1.54) is 0 Å². The van der Waals surface area contributed by atoms with Crippen molar-refractivity contribution in [1.29, 1.82) is 0 Å². The molecule has 0 aliphatic carbocycles. The van der Waals surface area contributed by atoms with E-state index < -0.39 is 0 Å². The first kappa shape index (κ1) is 27.5. The molecule has 0 amide bonds. The molecule has 0 spiro atoms. The van der Waals surface area contributed by atoms with Crippen molar-refractivity contribution in [2.45, 2.75) is 13.8 Å². The van der Waals surface area contributed by atoms with E-state index in [4.69, 9.17) is 14.0 Å². The predicted octanol–water partition coefficient (Wildman–Crippen LogP) is 3.00. The molecule has 0 aliphatic rings. The summed E-state index contributed by atoms with van der Waals surface area (Å²) in [6, 6.07) is 9.91. The van der Waals surface area contributed by atoms with Crippen molar-refractivity contribution in [3.05, 3.63) is 67.5 Å². The molecule has 110 valence electrons. The summed E-state index contributed by atoms with van der Waals surface area (Å²) in [6.45, 7) is 17.5. The van der Waals surface area contributed by atoms with Crippen molar-refractivity contribution < 1.29 is 35.8 Å².